The zero-order valence-electron chi connectivity index (χ0n) is 16.9. The van der Waals surface area contributed by atoms with Crippen LogP contribution in [0.15, 0.2) is 83.0 Å². The molecule has 0 bridgehead atoms. The predicted molar refractivity (Wildman–Crippen MR) is 126 cm³/mol. The fourth-order valence-corrected chi connectivity index (χ4v) is 3.85. The van der Waals surface area contributed by atoms with Crippen LogP contribution in [0, 0.1) is 13.8 Å². The van der Waals surface area contributed by atoms with Crippen LogP contribution < -0.4 is 10.2 Å². The monoisotopic (exact) mass is 414 g/mol. The van der Waals surface area contributed by atoms with Gasteiger partial charge < -0.3 is 10.2 Å². The van der Waals surface area contributed by atoms with E-state index in [0.29, 0.717) is 10.9 Å². The number of benzene rings is 3. The molecule has 0 aromatic heterocycles. The molecule has 1 aliphatic heterocycles. The van der Waals surface area contributed by atoms with E-state index < -0.39 is 0 Å². The van der Waals surface area contributed by atoms with Crippen LogP contribution in [0.3, 0.4) is 0 Å². The summed E-state index contributed by atoms with van der Waals surface area (Å²) in [6, 6.07) is 25.1. The topological polar surface area (TPSA) is 57.1 Å². The summed E-state index contributed by atoms with van der Waals surface area (Å²) < 4.78 is 0. The standard InChI is InChI=1S/C24H22N4OS/c1-17-5-3-7-21(13-17)28(22-8-4-6-18(2)14-22)20-11-9-19(10-12-20)15-25-27-24-26-23(29)16-30-24/h3-15H,16H2,1-2H3,(H,26,27,29). The van der Waals surface area contributed by atoms with Crippen molar-refractivity contribution in [2.75, 3.05) is 10.7 Å². The number of hydrogen-bond acceptors (Lipinski definition) is 5. The van der Waals surface area contributed by atoms with E-state index in [1.54, 1.807) is 6.21 Å². The van der Waals surface area contributed by atoms with E-state index in [0.717, 1.165) is 22.6 Å². The highest BCUT2D eigenvalue weighted by Gasteiger charge is 2.16. The van der Waals surface area contributed by atoms with Gasteiger partial charge in [0.2, 0.25) is 5.91 Å². The summed E-state index contributed by atoms with van der Waals surface area (Å²) in [6.45, 7) is 4.20. The SMILES string of the molecule is Cc1cccc(N(c2ccc(C=NN=C3NC(=O)CS3)cc2)c2cccc(C)c2)c1. The Morgan fingerprint density at radius 1 is 0.900 bits per heavy atom. The van der Waals surface area contributed by atoms with Crippen molar-refractivity contribution in [3.8, 4) is 0 Å². The number of carbonyl (C=O) groups is 1. The van der Waals surface area contributed by atoms with Gasteiger partial charge in [0.05, 0.1) is 12.0 Å². The quantitative estimate of drug-likeness (QED) is 0.454. The van der Waals surface area contributed by atoms with Gasteiger partial charge in [-0.3, -0.25) is 4.79 Å². The second-order valence-corrected chi connectivity index (χ2v) is 8.06. The maximum atomic E-state index is 11.2. The van der Waals surface area contributed by atoms with E-state index in [9.17, 15) is 4.79 Å². The highest BCUT2D eigenvalue weighted by Crippen LogP contribution is 2.35. The Morgan fingerprint density at radius 2 is 1.53 bits per heavy atom. The van der Waals surface area contributed by atoms with Gasteiger partial charge in [-0.15, -0.1) is 5.10 Å². The molecule has 0 saturated carbocycles. The highest BCUT2D eigenvalue weighted by molar-refractivity contribution is 8.15. The zero-order valence-corrected chi connectivity index (χ0v) is 17.7. The lowest BCUT2D eigenvalue weighted by Crippen LogP contribution is -2.19. The number of nitrogens with zero attached hydrogens (tertiary/aromatic N) is 3. The summed E-state index contributed by atoms with van der Waals surface area (Å²) in [7, 11) is 0. The predicted octanol–water partition coefficient (Wildman–Crippen LogP) is 5.33. The van der Waals surface area contributed by atoms with Gasteiger partial charge in [0.1, 0.15) is 0 Å². The number of hydrogen-bond donors (Lipinski definition) is 1. The molecular formula is C24H22N4OS. The first kappa shape index (κ1) is 19.9. The molecule has 3 aromatic carbocycles. The van der Waals surface area contributed by atoms with Gasteiger partial charge in [0.15, 0.2) is 5.17 Å². The molecule has 1 aliphatic rings. The van der Waals surface area contributed by atoms with Crippen LogP contribution in [0.2, 0.25) is 0 Å². The molecule has 150 valence electrons. The van der Waals surface area contributed by atoms with Crippen LogP contribution in [0.25, 0.3) is 0 Å². The lowest BCUT2D eigenvalue weighted by atomic mass is 10.1. The first-order chi connectivity index (χ1) is 14.6. The molecular weight excluding hydrogens is 392 g/mol. The van der Waals surface area contributed by atoms with E-state index in [1.165, 1.54) is 22.9 Å². The minimum absolute atomic E-state index is 0.0364. The minimum atomic E-state index is -0.0364. The molecule has 6 heteroatoms. The van der Waals surface area contributed by atoms with Crippen LogP contribution in [-0.2, 0) is 4.79 Å². The number of nitrogens with one attached hydrogen (secondary N) is 1. The van der Waals surface area contributed by atoms with Crippen molar-refractivity contribution in [3.05, 3.63) is 89.5 Å². The first-order valence-corrected chi connectivity index (χ1v) is 10.6. The van der Waals surface area contributed by atoms with Crippen LogP contribution in [0.1, 0.15) is 16.7 Å². The highest BCUT2D eigenvalue weighted by atomic mass is 32.2. The molecule has 30 heavy (non-hydrogen) atoms. The summed E-state index contributed by atoms with van der Waals surface area (Å²) in [5.74, 6) is 0.363. The Balaban J connectivity index is 1.62. The number of carbonyl (C=O) groups excluding carboxylic acids is 1. The van der Waals surface area contributed by atoms with Gasteiger partial charge in [-0.1, -0.05) is 48.2 Å². The van der Waals surface area contributed by atoms with Crippen LogP contribution in [0.5, 0.6) is 0 Å². The largest absolute Gasteiger partial charge is 0.310 e. The first-order valence-electron chi connectivity index (χ1n) is 9.66. The smallest absolute Gasteiger partial charge is 0.236 e. The van der Waals surface area contributed by atoms with Crippen molar-refractivity contribution in [3.63, 3.8) is 0 Å². The molecule has 1 fully saturated rings. The van der Waals surface area contributed by atoms with Gasteiger partial charge >= 0.3 is 0 Å². The second-order valence-electron chi connectivity index (χ2n) is 7.09. The van der Waals surface area contributed by atoms with Gasteiger partial charge in [-0.25, -0.2) is 0 Å². The number of amides is 1. The minimum Gasteiger partial charge on any atom is -0.310 e. The van der Waals surface area contributed by atoms with Crippen molar-refractivity contribution in [2.45, 2.75) is 13.8 Å². The lowest BCUT2D eigenvalue weighted by molar-refractivity contribution is -0.116. The fraction of sp³-hybridized carbons (Fsp3) is 0.125. The van der Waals surface area contributed by atoms with Gasteiger partial charge in [-0.05, 0) is 66.9 Å². The van der Waals surface area contributed by atoms with E-state index in [-0.39, 0.29) is 5.91 Å². The number of amidine groups is 1. The van der Waals surface area contributed by atoms with Crippen molar-refractivity contribution >= 4 is 46.1 Å². The van der Waals surface area contributed by atoms with E-state index in [2.05, 4.69) is 94.9 Å². The Kier molecular flexibility index (Phi) is 5.95. The summed E-state index contributed by atoms with van der Waals surface area (Å²) in [5, 5.41) is 11.3. The molecule has 1 amide bonds. The number of aryl methyl sites for hydroxylation is 2. The molecule has 0 unspecified atom stereocenters. The second kappa shape index (κ2) is 8.97. The number of anilines is 3. The normalized spacial score (nSPS) is 15.0. The molecule has 0 spiro atoms. The van der Waals surface area contributed by atoms with Crippen LogP contribution >= 0.6 is 11.8 Å². The average Bonchev–Trinajstić information content (AvgIpc) is 3.15. The fourth-order valence-electron chi connectivity index (χ4n) is 3.22. The molecule has 0 atom stereocenters. The third kappa shape index (κ3) is 4.78. The Hall–Kier alpha value is -3.38. The van der Waals surface area contributed by atoms with Crippen LogP contribution in [0.4, 0.5) is 17.1 Å². The van der Waals surface area contributed by atoms with Crippen molar-refractivity contribution in [1.29, 1.82) is 0 Å². The maximum Gasteiger partial charge on any atom is 0.236 e. The van der Waals surface area contributed by atoms with E-state index >= 15 is 0 Å². The van der Waals surface area contributed by atoms with E-state index in [4.69, 9.17) is 0 Å². The molecule has 1 saturated heterocycles. The van der Waals surface area contributed by atoms with E-state index in [1.807, 2.05) is 12.1 Å². The molecule has 5 nitrogen and oxygen atoms in total. The number of thioether (sulfide) groups is 1. The Bertz CT molecular complexity index is 1080. The van der Waals surface area contributed by atoms with Crippen LogP contribution in [-0.4, -0.2) is 23.0 Å². The molecule has 0 aliphatic carbocycles. The Morgan fingerprint density at radius 3 is 2.07 bits per heavy atom. The maximum absolute atomic E-state index is 11.2. The zero-order chi connectivity index (χ0) is 20.9. The lowest BCUT2D eigenvalue weighted by Gasteiger charge is -2.26. The molecule has 4 rings (SSSR count). The summed E-state index contributed by atoms with van der Waals surface area (Å²) in [4.78, 5) is 13.4. The number of rotatable bonds is 5. The van der Waals surface area contributed by atoms with Crippen molar-refractivity contribution in [1.82, 2.24) is 5.32 Å². The third-order valence-corrected chi connectivity index (χ3v) is 5.48. The van der Waals surface area contributed by atoms with Gasteiger partial charge in [0, 0.05) is 17.1 Å². The molecule has 0 radical (unpaired) electrons. The summed E-state index contributed by atoms with van der Waals surface area (Å²) in [6.07, 6.45) is 1.69. The summed E-state index contributed by atoms with van der Waals surface area (Å²) >= 11 is 1.36. The summed E-state index contributed by atoms with van der Waals surface area (Å²) in [5.41, 5.74) is 6.65. The molecule has 3 aromatic rings. The van der Waals surface area contributed by atoms with Crippen molar-refractivity contribution in [2.24, 2.45) is 10.2 Å². The molecule has 1 N–H and O–H groups in total. The molecule has 1 heterocycles. The van der Waals surface area contributed by atoms with Crippen molar-refractivity contribution < 1.29 is 4.79 Å². The average molecular weight is 415 g/mol. The van der Waals surface area contributed by atoms with Gasteiger partial charge in [0.25, 0.3) is 0 Å². The van der Waals surface area contributed by atoms with Gasteiger partial charge in [-0.2, -0.15) is 5.10 Å². The Labute approximate surface area is 180 Å². The third-order valence-electron chi connectivity index (χ3n) is 4.61.